The molecule has 2 rings (SSSR count). The monoisotopic (exact) mass is 269 g/mol. The van der Waals surface area contributed by atoms with Gasteiger partial charge in [0.05, 0.1) is 18.4 Å². The fourth-order valence-corrected chi connectivity index (χ4v) is 1.82. The number of nitrogens with one attached hydrogen (secondary N) is 1. The van der Waals surface area contributed by atoms with Gasteiger partial charge in [-0.15, -0.1) is 0 Å². The standard InChI is InChI=1S/C15H15N3O2/c1-3-12-13(7-8-16)17-14(18-15(12)19)10-5-4-6-11(9-10)20-2/h3-9H,1,16H2,2H3,(H,17,18,19)/b8-7-. The van der Waals surface area contributed by atoms with Gasteiger partial charge in [0.25, 0.3) is 5.56 Å². The summed E-state index contributed by atoms with van der Waals surface area (Å²) in [5.74, 6) is 1.14. The Hall–Kier alpha value is -2.82. The number of benzene rings is 1. The predicted octanol–water partition coefficient (Wildman–Crippen LogP) is 2.02. The van der Waals surface area contributed by atoms with Crippen LogP contribution in [0.4, 0.5) is 0 Å². The van der Waals surface area contributed by atoms with Crippen molar-refractivity contribution in [2.45, 2.75) is 0 Å². The normalized spacial score (nSPS) is 10.7. The molecular formula is C15H15N3O2. The fraction of sp³-hybridized carbons (Fsp3) is 0.0667. The summed E-state index contributed by atoms with van der Waals surface area (Å²) in [6.07, 6.45) is 4.36. The van der Waals surface area contributed by atoms with Crippen LogP contribution in [0.25, 0.3) is 23.5 Å². The number of nitrogens with two attached hydrogens (primary N) is 1. The molecule has 2 aromatic rings. The Morgan fingerprint density at radius 1 is 1.45 bits per heavy atom. The SMILES string of the molecule is C=Cc1c(/C=C\N)nc(-c2cccc(OC)c2)[nH]c1=O. The summed E-state index contributed by atoms with van der Waals surface area (Å²) in [4.78, 5) is 19.1. The van der Waals surface area contributed by atoms with Gasteiger partial charge in [0.1, 0.15) is 11.6 Å². The highest BCUT2D eigenvalue weighted by Crippen LogP contribution is 2.21. The Bertz CT molecular complexity index is 717. The number of methoxy groups -OCH3 is 1. The summed E-state index contributed by atoms with van der Waals surface area (Å²) in [6, 6.07) is 7.28. The van der Waals surface area contributed by atoms with E-state index in [0.717, 1.165) is 5.56 Å². The Balaban J connectivity index is 2.63. The van der Waals surface area contributed by atoms with Crippen LogP contribution in [0, 0.1) is 0 Å². The molecule has 0 radical (unpaired) electrons. The molecule has 5 nitrogen and oxygen atoms in total. The zero-order valence-corrected chi connectivity index (χ0v) is 11.1. The quantitative estimate of drug-likeness (QED) is 0.889. The molecule has 0 saturated heterocycles. The molecular weight excluding hydrogens is 254 g/mol. The van der Waals surface area contributed by atoms with Crippen LogP contribution in [0.1, 0.15) is 11.3 Å². The van der Waals surface area contributed by atoms with Gasteiger partial charge in [-0.25, -0.2) is 4.98 Å². The van der Waals surface area contributed by atoms with Gasteiger partial charge in [-0.05, 0) is 24.4 Å². The largest absolute Gasteiger partial charge is 0.497 e. The maximum Gasteiger partial charge on any atom is 0.259 e. The highest BCUT2D eigenvalue weighted by molar-refractivity contribution is 5.65. The molecule has 1 aromatic heterocycles. The van der Waals surface area contributed by atoms with E-state index in [1.54, 1.807) is 19.3 Å². The van der Waals surface area contributed by atoms with Crippen molar-refractivity contribution in [3.8, 4) is 17.1 Å². The van der Waals surface area contributed by atoms with E-state index in [-0.39, 0.29) is 5.56 Å². The minimum atomic E-state index is -0.263. The van der Waals surface area contributed by atoms with Crippen molar-refractivity contribution in [2.75, 3.05) is 7.11 Å². The number of aromatic nitrogens is 2. The summed E-state index contributed by atoms with van der Waals surface area (Å²) in [5.41, 5.74) is 6.74. The molecule has 1 aromatic carbocycles. The third-order valence-corrected chi connectivity index (χ3v) is 2.79. The van der Waals surface area contributed by atoms with Crippen molar-refractivity contribution in [1.82, 2.24) is 9.97 Å². The summed E-state index contributed by atoms with van der Waals surface area (Å²) in [5, 5.41) is 0. The molecule has 20 heavy (non-hydrogen) atoms. The van der Waals surface area contributed by atoms with Gasteiger partial charge in [-0.1, -0.05) is 24.8 Å². The average Bonchev–Trinajstić information content (AvgIpc) is 2.47. The lowest BCUT2D eigenvalue weighted by Gasteiger charge is -2.06. The number of hydrogen-bond acceptors (Lipinski definition) is 4. The van der Waals surface area contributed by atoms with E-state index < -0.39 is 0 Å². The molecule has 0 aliphatic rings. The third kappa shape index (κ3) is 2.61. The number of nitrogens with zero attached hydrogens (tertiary/aromatic N) is 1. The predicted molar refractivity (Wildman–Crippen MR) is 80.2 cm³/mol. The smallest absolute Gasteiger partial charge is 0.259 e. The fourth-order valence-electron chi connectivity index (χ4n) is 1.82. The minimum Gasteiger partial charge on any atom is -0.497 e. The molecule has 0 spiro atoms. The molecule has 5 heteroatoms. The summed E-state index contributed by atoms with van der Waals surface area (Å²) >= 11 is 0. The van der Waals surface area contributed by atoms with Crippen LogP contribution in [0.2, 0.25) is 0 Å². The van der Waals surface area contributed by atoms with Crippen molar-refractivity contribution in [1.29, 1.82) is 0 Å². The van der Waals surface area contributed by atoms with E-state index in [4.69, 9.17) is 10.5 Å². The first-order chi connectivity index (χ1) is 9.69. The lowest BCUT2D eigenvalue weighted by Crippen LogP contribution is -2.14. The van der Waals surface area contributed by atoms with Crippen LogP contribution >= 0.6 is 0 Å². The molecule has 0 aliphatic carbocycles. The molecule has 0 aliphatic heterocycles. The van der Waals surface area contributed by atoms with Crippen molar-refractivity contribution in [3.63, 3.8) is 0 Å². The van der Waals surface area contributed by atoms with Crippen LogP contribution in [0.5, 0.6) is 5.75 Å². The molecule has 102 valence electrons. The first kappa shape index (κ1) is 13.6. The third-order valence-electron chi connectivity index (χ3n) is 2.79. The lowest BCUT2D eigenvalue weighted by atomic mass is 10.1. The topological polar surface area (TPSA) is 81.0 Å². The zero-order chi connectivity index (χ0) is 14.5. The van der Waals surface area contributed by atoms with Crippen LogP contribution in [-0.4, -0.2) is 17.1 Å². The van der Waals surface area contributed by atoms with Crippen molar-refractivity contribution in [2.24, 2.45) is 5.73 Å². The first-order valence-electron chi connectivity index (χ1n) is 5.99. The first-order valence-corrected chi connectivity index (χ1v) is 5.99. The second-order valence-electron chi connectivity index (χ2n) is 4.01. The molecule has 1 heterocycles. The van der Waals surface area contributed by atoms with E-state index in [1.165, 1.54) is 12.3 Å². The van der Waals surface area contributed by atoms with Crippen LogP contribution in [0.3, 0.4) is 0 Å². The molecule has 0 amide bonds. The number of aromatic amines is 1. The maximum atomic E-state index is 12.0. The van der Waals surface area contributed by atoms with E-state index in [1.807, 2.05) is 18.2 Å². The summed E-state index contributed by atoms with van der Waals surface area (Å²) in [7, 11) is 1.58. The minimum absolute atomic E-state index is 0.263. The van der Waals surface area contributed by atoms with Crippen LogP contribution in [-0.2, 0) is 0 Å². The Labute approximate surface area is 116 Å². The zero-order valence-electron chi connectivity index (χ0n) is 11.1. The van der Waals surface area contributed by atoms with Gasteiger partial charge in [-0.3, -0.25) is 4.79 Å². The summed E-state index contributed by atoms with van der Waals surface area (Å²) < 4.78 is 5.16. The van der Waals surface area contributed by atoms with Crippen molar-refractivity contribution in [3.05, 3.63) is 58.7 Å². The van der Waals surface area contributed by atoms with Crippen LogP contribution in [0.15, 0.2) is 41.8 Å². The van der Waals surface area contributed by atoms with E-state index in [9.17, 15) is 4.79 Å². The van der Waals surface area contributed by atoms with Crippen LogP contribution < -0.4 is 16.0 Å². The molecule has 0 atom stereocenters. The van der Waals surface area contributed by atoms with Gasteiger partial charge in [0.15, 0.2) is 0 Å². The Morgan fingerprint density at radius 2 is 2.25 bits per heavy atom. The second-order valence-corrected chi connectivity index (χ2v) is 4.01. The highest BCUT2D eigenvalue weighted by Gasteiger charge is 2.08. The lowest BCUT2D eigenvalue weighted by molar-refractivity contribution is 0.415. The molecule has 0 saturated carbocycles. The van der Waals surface area contributed by atoms with E-state index >= 15 is 0 Å². The average molecular weight is 269 g/mol. The van der Waals surface area contributed by atoms with Gasteiger partial charge in [0.2, 0.25) is 0 Å². The highest BCUT2D eigenvalue weighted by atomic mass is 16.5. The van der Waals surface area contributed by atoms with Gasteiger partial charge >= 0.3 is 0 Å². The Kier molecular flexibility index (Phi) is 4.00. The summed E-state index contributed by atoms with van der Waals surface area (Å²) in [6.45, 7) is 3.61. The maximum absolute atomic E-state index is 12.0. The molecule has 3 N–H and O–H groups in total. The second kappa shape index (κ2) is 5.88. The Morgan fingerprint density at radius 3 is 2.90 bits per heavy atom. The van der Waals surface area contributed by atoms with Gasteiger partial charge < -0.3 is 15.5 Å². The van der Waals surface area contributed by atoms with E-state index in [0.29, 0.717) is 22.8 Å². The van der Waals surface area contributed by atoms with Crippen molar-refractivity contribution >= 4 is 12.2 Å². The number of rotatable bonds is 4. The number of H-pyrrole nitrogens is 1. The van der Waals surface area contributed by atoms with Gasteiger partial charge in [0, 0.05) is 5.56 Å². The molecule has 0 bridgehead atoms. The van der Waals surface area contributed by atoms with E-state index in [2.05, 4.69) is 16.5 Å². The van der Waals surface area contributed by atoms with Crippen molar-refractivity contribution < 1.29 is 4.74 Å². The molecule has 0 unspecified atom stereocenters. The number of hydrogen-bond donors (Lipinski definition) is 2. The van der Waals surface area contributed by atoms with Gasteiger partial charge in [-0.2, -0.15) is 0 Å². The number of ether oxygens (including phenoxy) is 1. The molecule has 0 fully saturated rings.